The lowest BCUT2D eigenvalue weighted by Gasteiger charge is -1.94. The van der Waals surface area contributed by atoms with Gasteiger partial charge in [-0.1, -0.05) is 0 Å². The molecule has 2 aromatic heterocycles. The van der Waals surface area contributed by atoms with Crippen LogP contribution in [0.25, 0.3) is 11.5 Å². The zero-order chi connectivity index (χ0) is 10.7. The summed E-state index contributed by atoms with van der Waals surface area (Å²) in [5, 5.41) is 3.05. The van der Waals surface area contributed by atoms with Crippen LogP contribution in [0.3, 0.4) is 0 Å². The summed E-state index contributed by atoms with van der Waals surface area (Å²) in [5.74, 6) is 2.19. The maximum absolute atomic E-state index is 5.57. The van der Waals surface area contributed by atoms with Gasteiger partial charge in [-0.3, -0.25) is 0 Å². The van der Waals surface area contributed by atoms with E-state index < -0.39 is 0 Å². The van der Waals surface area contributed by atoms with Crippen molar-refractivity contribution >= 4 is 0 Å². The lowest BCUT2D eigenvalue weighted by molar-refractivity contribution is 0.477. The maximum Gasteiger partial charge on any atom is 0.196 e. The fourth-order valence-corrected chi connectivity index (χ4v) is 1.39. The van der Waals surface area contributed by atoms with Gasteiger partial charge in [0.05, 0.1) is 12.5 Å². The van der Waals surface area contributed by atoms with E-state index >= 15 is 0 Å². The second kappa shape index (κ2) is 4.31. The first kappa shape index (κ1) is 9.98. The van der Waals surface area contributed by atoms with Crippen LogP contribution >= 0.6 is 0 Å². The Labute approximate surface area is 88.3 Å². The smallest absolute Gasteiger partial charge is 0.196 e. The number of aromatic nitrogens is 1. The predicted octanol–water partition coefficient (Wildman–Crippen LogP) is 2.00. The Bertz CT molecular complexity index is 431. The van der Waals surface area contributed by atoms with E-state index in [1.54, 1.807) is 12.5 Å². The monoisotopic (exact) mass is 206 g/mol. The van der Waals surface area contributed by atoms with E-state index in [0.717, 1.165) is 30.2 Å². The van der Waals surface area contributed by atoms with Crippen LogP contribution in [-0.4, -0.2) is 18.6 Å². The Balaban J connectivity index is 2.17. The summed E-state index contributed by atoms with van der Waals surface area (Å²) in [7, 11) is 1.90. The van der Waals surface area contributed by atoms with Crippen LogP contribution in [-0.2, 0) is 6.42 Å². The van der Waals surface area contributed by atoms with Crippen molar-refractivity contribution in [2.75, 3.05) is 13.6 Å². The molecule has 0 aliphatic carbocycles. The highest BCUT2D eigenvalue weighted by atomic mass is 16.4. The molecule has 0 spiro atoms. The standard InChI is InChI=1S/C11H14N2O2/c1-8-4-6-14-11(8)9-7-13-10(15-9)3-5-12-2/h4,6-7,12H,3,5H2,1-2H3. The fourth-order valence-electron chi connectivity index (χ4n) is 1.39. The van der Waals surface area contributed by atoms with Gasteiger partial charge in [0.2, 0.25) is 0 Å². The number of aryl methyl sites for hydroxylation is 1. The third kappa shape index (κ3) is 2.10. The second-order valence-electron chi connectivity index (χ2n) is 3.40. The van der Waals surface area contributed by atoms with Gasteiger partial charge in [-0.15, -0.1) is 0 Å². The first-order chi connectivity index (χ1) is 7.31. The molecule has 2 rings (SSSR count). The molecular formula is C11H14N2O2. The summed E-state index contributed by atoms with van der Waals surface area (Å²) in [6.45, 7) is 2.84. The molecule has 4 heteroatoms. The third-order valence-electron chi connectivity index (χ3n) is 2.23. The number of rotatable bonds is 4. The van der Waals surface area contributed by atoms with Crippen LogP contribution in [0.5, 0.6) is 0 Å². The van der Waals surface area contributed by atoms with Gasteiger partial charge in [-0.05, 0) is 25.6 Å². The summed E-state index contributed by atoms with van der Waals surface area (Å²) in [5.41, 5.74) is 1.06. The van der Waals surface area contributed by atoms with Gasteiger partial charge < -0.3 is 14.2 Å². The van der Waals surface area contributed by atoms with Crippen LogP contribution in [0.4, 0.5) is 0 Å². The minimum Gasteiger partial charge on any atom is -0.461 e. The molecule has 0 bridgehead atoms. The maximum atomic E-state index is 5.57. The molecule has 4 nitrogen and oxygen atoms in total. The molecule has 0 aliphatic rings. The van der Waals surface area contributed by atoms with E-state index in [1.165, 1.54) is 0 Å². The molecule has 1 N–H and O–H groups in total. The van der Waals surface area contributed by atoms with Gasteiger partial charge in [0.1, 0.15) is 0 Å². The predicted molar refractivity (Wildman–Crippen MR) is 56.6 cm³/mol. The molecule has 0 aliphatic heterocycles. The number of nitrogens with zero attached hydrogens (tertiary/aromatic N) is 1. The molecule has 0 amide bonds. The Hall–Kier alpha value is -1.55. The highest BCUT2D eigenvalue weighted by molar-refractivity contribution is 5.53. The minimum absolute atomic E-state index is 0.698. The summed E-state index contributed by atoms with van der Waals surface area (Å²) in [6.07, 6.45) is 4.15. The van der Waals surface area contributed by atoms with Gasteiger partial charge in [0.15, 0.2) is 17.4 Å². The molecule has 80 valence electrons. The SMILES string of the molecule is CNCCc1ncc(-c2occc2C)o1. The van der Waals surface area contributed by atoms with Crippen LogP contribution < -0.4 is 5.32 Å². The van der Waals surface area contributed by atoms with Crippen molar-refractivity contribution in [3.63, 3.8) is 0 Å². The molecular weight excluding hydrogens is 192 g/mol. The van der Waals surface area contributed by atoms with E-state index in [9.17, 15) is 0 Å². The highest BCUT2D eigenvalue weighted by Gasteiger charge is 2.11. The number of nitrogens with one attached hydrogen (secondary N) is 1. The quantitative estimate of drug-likeness (QED) is 0.831. The van der Waals surface area contributed by atoms with E-state index in [-0.39, 0.29) is 0 Å². The molecule has 15 heavy (non-hydrogen) atoms. The van der Waals surface area contributed by atoms with Crippen molar-refractivity contribution in [3.05, 3.63) is 30.0 Å². The summed E-state index contributed by atoms with van der Waals surface area (Å²) >= 11 is 0. The van der Waals surface area contributed by atoms with Crippen molar-refractivity contribution in [2.24, 2.45) is 0 Å². The van der Waals surface area contributed by atoms with Gasteiger partial charge >= 0.3 is 0 Å². The highest BCUT2D eigenvalue weighted by Crippen LogP contribution is 2.24. The number of likely N-dealkylation sites (N-methyl/N-ethyl adjacent to an activating group) is 1. The lowest BCUT2D eigenvalue weighted by atomic mass is 10.2. The van der Waals surface area contributed by atoms with E-state index in [4.69, 9.17) is 8.83 Å². The Morgan fingerprint density at radius 2 is 2.33 bits per heavy atom. The molecule has 2 heterocycles. The van der Waals surface area contributed by atoms with Crippen LogP contribution in [0, 0.1) is 6.92 Å². The molecule has 0 saturated carbocycles. The second-order valence-corrected chi connectivity index (χ2v) is 3.40. The molecule has 2 aromatic rings. The van der Waals surface area contributed by atoms with Crippen molar-refractivity contribution in [1.82, 2.24) is 10.3 Å². The van der Waals surface area contributed by atoms with Gasteiger partial charge in [0, 0.05) is 13.0 Å². The zero-order valence-electron chi connectivity index (χ0n) is 8.91. The molecule has 0 saturated heterocycles. The van der Waals surface area contributed by atoms with Crippen molar-refractivity contribution in [3.8, 4) is 11.5 Å². The minimum atomic E-state index is 0.698. The topological polar surface area (TPSA) is 51.2 Å². The summed E-state index contributed by atoms with van der Waals surface area (Å²) in [6, 6.07) is 1.91. The number of furan rings is 1. The lowest BCUT2D eigenvalue weighted by Crippen LogP contribution is -2.10. The van der Waals surface area contributed by atoms with Crippen molar-refractivity contribution < 1.29 is 8.83 Å². The zero-order valence-corrected chi connectivity index (χ0v) is 8.91. The Morgan fingerprint density at radius 1 is 1.47 bits per heavy atom. The Morgan fingerprint density at radius 3 is 3.00 bits per heavy atom. The number of hydrogen-bond acceptors (Lipinski definition) is 4. The average Bonchev–Trinajstić information content (AvgIpc) is 2.83. The van der Waals surface area contributed by atoms with E-state index in [1.807, 2.05) is 20.0 Å². The molecule has 0 atom stereocenters. The van der Waals surface area contributed by atoms with Crippen LogP contribution in [0.1, 0.15) is 11.5 Å². The largest absolute Gasteiger partial charge is 0.461 e. The van der Waals surface area contributed by atoms with Crippen molar-refractivity contribution in [1.29, 1.82) is 0 Å². The Kier molecular flexibility index (Phi) is 2.87. The van der Waals surface area contributed by atoms with Crippen LogP contribution in [0.2, 0.25) is 0 Å². The van der Waals surface area contributed by atoms with Crippen molar-refractivity contribution in [2.45, 2.75) is 13.3 Å². The number of hydrogen-bond donors (Lipinski definition) is 1. The first-order valence-corrected chi connectivity index (χ1v) is 4.95. The van der Waals surface area contributed by atoms with E-state index in [0.29, 0.717) is 5.76 Å². The normalized spacial score (nSPS) is 10.8. The number of oxazole rings is 1. The summed E-state index contributed by atoms with van der Waals surface area (Å²) in [4.78, 5) is 4.18. The fraction of sp³-hybridized carbons (Fsp3) is 0.364. The van der Waals surface area contributed by atoms with Gasteiger partial charge in [-0.2, -0.15) is 0 Å². The molecule has 0 fully saturated rings. The molecule has 0 aromatic carbocycles. The molecule has 0 unspecified atom stereocenters. The van der Waals surface area contributed by atoms with E-state index in [2.05, 4.69) is 10.3 Å². The third-order valence-corrected chi connectivity index (χ3v) is 2.23. The van der Waals surface area contributed by atoms with Crippen LogP contribution in [0.15, 0.2) is 27.4 Å². The average molecular weight is 206 g/mol. The summed E-state index contributed by atoms with van der Waals surface area (Å²) < 4.78 is 10.9. The van der Waals surface area contributed by atoms with Gasteiger partial charge in [0.25, 0.3) is 0 Å². The van der Waals surface area contributed by atoms with Gasteiger partial charge in [-0.25, -0.2) is 4.98 Å². The molecule has 0 radical (unpaired) electrons. The first-order valence-electron chi connectivity index (χ1n) is 4.95.